The van der Waals surface area contributed by atoms with Crippen LogP contribution < -0.4 is 5.56 Å². The van der Waals surface area contributed by atoms with Crippen molar-refractivity contribution >= 4 is 5.97 Å². The first kappa shape index (κ1) is 24.9. The lowest BCUT2D eigenvalue weighted by atomic mass is 9.96. The number of benzene rings is 3. The number of aryl methyl sites for hydroxylation is 1. The molecule has 1 aromatic heterocycles. The molecule has 6 heteroatoms. The minimum Gasteiger partial charge on any atom is -0.508 e. The van der Waals surface area contributed by atoms with Gasteiger partial charge in [0, 0.05) is 12.0 Å². The summed E-state index contributed by atoms with van der Waals surface area (Å²) in [6.45, 7) is 2.51. The van der Waals surface area contributed by atoms with E-state index in [1.807, 2.05) is 42.5 Å². The minimum absolute atomic E-state index is 0.0516. The first-order valence-corrected chi connectivity index (χ1v) is 12.1. The van der Waals surface area contributed by atoms with Gasteiger partial charge < -0.3 is 9.84 Å². The van der Waals surface area contributed by atoms with Gasteiger partial charge in [-0.2, -0.15) is 0 Å². The Hall–Kier alpha value is -4.19. The minimum atomic E-state index is -0.375. The van der Waals surface area contributed by atoms with Gasteiger partial charge in [-0.3, -0.25) is 9.36 Å². The zero-order valence-electron chi connectivity index (χ0n) is 20.6. The SMILES string of the molecule is CCCCc1ncn(Cc2ccc(O)cc2)c(=O)c1Cc1ccc(-c2ccccc2C(=O)OC)cc1. The van der Waals surface area contributed by atoms with Crippen LogP contribution in [0.25, 0.3) is 11.1 Å². The number of aromatic hydroxyl groups is 1. The Kier molecular flexibility index (Phi) is 7.95. The molecule has 0 aliphatic heterocycles. The lowest BCUT2D eigenvalue weighted by Crippen LogP contribution is -2.27. The highest BCUT2D eigenvalue weighted by Crippen LogP contribution is 2.25. The quantitative estimate of drug-likeness (QED) is 0.324. The zero-order valence-corrected chi connectivity index (χ0v) is 20.6. The van der Waals surface area contributed by atoms with Crippen molar-refractivity contribution in [3.05, 3.63) is 117 Å². The van der Waals surface area contributed by atoms with Crippen LogP contribution in [-0.2, 0) is 24.1 Å². The molecule has 0 bridgehead atoms. The van der Waals surface area contributed by atoms with Crippen molar-refractivity contribution in [2.24, 2.45) is 0 Å². The third-order valence-electron chi connectivity index (χ3n) is 6.25. The lowest BCUT2D eigenvalue weighted by Gasteiger charge is -2.13. The summed E-state index contributed by atoms with van der Waals surface area (Å²) in [5.41, 5.74) is 5.62. The van der Waals surface area contributed by atoms with Crippen LogP contribution in [0.1, 0.15) is 52.5 Å². The van der Waals surface area contributed by atoms with Crippen molar-refractivity contribution in [2.75, 3.05) is 7.11 Å². The number of hydrogen-bond donors (Lipinski definition) is 1. The Balaban J connectivity index is 1.64. The summed E-state index contributed by atoms with van der Waals surface area (Å²) in [6, 6.07) is 22.1. The van der Waals surface area contributed by atoms with E-state index in [0.717, 1.165) is 47.2 Å². The summed E-state index contributed by atoms with van der Waals surface area (Å²) in [5.74, 6) is -0.183. The molecule has 0 aliphatic rings. The van der Waals surface area contributed by atoms with Gasteiger partial charge in [0.2, 0.25) is 0 Å². The molecule has 0 atom stereocenters. The molecule has 0 spiro atoms. The number of nitrogens with zero attached hydrogens (tertiary/aromatic N) is 2. The predicted octanol–water partition coefficient (Wildman–Crippen LogP) is 5.38. The van der Waals surface area contributed by atoms with Crippen LogP contribution in [0.4, 0.5) is 0 Å². The molecule has 0 amide bonds. The summed E-state index contributed by atoms with van der Waals surface area (Å²) in [6.07, 6.45) is 4.83. The first-order chi connectivity index (χ1) is 17.5. The highest BCUT2D eigenvalue weighted by molar-refractivity contribution is 5.97. The maximum atomic E-state index is 13.5. The highest BCUT2D eigenvalue weighted by atomic mass is 16.5. The second kappa shape index (κ2) is 11.5. The fourth-order valence-electron chi connectivity index (χ4n) is 4.24. The predicted molar refractivity (Wildman–Crippen MR) is 140 cm³/mol. The number of phenolic OH excluding ortho intramolecular Hbond substituents is 1. The number of methoxy groups -OCH3 is 1. The fraction of sp³-hybridized carbons (Fsp3) is 0.233. The summed E-state index contributed by atoms with van der Waals surface area (Å²) < 4.78 is 6.55. The molecule has 0 saturated heterocycles. The Bertz CT molecular complexity index is 1390. The van der Waals surface area contributed by atoms with E-state index in [0.29, 0.717) is 24.1 Å². The molecule has 0 radical (unpaired) electrons. The van der Waals surface area contributed by atoms with Crippen LogP contribution in [0.3, 0.4) is 0 Å². The Morgan fingerprint density at radius 1 is 0.972 bits per heavy atom. The topological polar surface area (TPSA) is 81.4 Å². The van der Waals surface area contributed by atoms with Crippen molar-refractivity contribution in [3.63, 3.8) is 0 Å². The normalized spacial score (nSPS) is 10.8. The lowest BCUT2D eigenvalue weighted by molar-refractivity contribution is 0.0601. The first-order valence-electron chi connectivity index (χ1n) is 12.1. The molecule has 3 aromatic carbocycles. The van der Waals surface area contributed by atoms with Crippen LogP contribution in [0.15, 0.2) is 83.9 Å². The molecular weight excluding hydrogens is 452 g/mol. The van der Waals surface area contributed by atoms with Crippen LogP contribution in [0, 0.1) is 0 Å². The maximum Gasteiger partial charge on any atom is 0.338 e. The fourth-order valence-corrected chi connectivity index (χ4v) is 4.24. The molecule has 1 N–H and O–H groups in total. The number of carbonyl (C=O) groups excluding carboxylic acids is 1. The number of esters is 1. The summed E-state index contributed by atoms with van der Waals surface area (Å²) in [7, 11) is 1.38. The van der Waals surface area contributed by atoms with E-state index in [9.17, 15) is 14.7 Å². The van der Waals surface area contributed by atoms with E-state index >= 15 is 0 Å². The van der Waals surface area contributed by atoms with Crippen LogP contribution >= 0.6 is 0 Å². The monoisotopic (exact) mass is 482 g/mol. The molecule has 4 rings (SSSR count). The van der Waals surface area contributed by atoms with E-state index < -0.39 is 0 Å². The molecule has 0 aliphatic carbocycles. The van der Waals surface area contributed by atoms with Crippen molar-refractivity contribution < 1.29 is 14.6 Å². The van der Waals surface area contributed by atoms with E-state index in [1.165, 1.54) is 7.11 Å². The number of carbonyl (C=O) groups is 1. The number of phenols is 1. The van der Waals surface area contributed by atoms with Crippen LogP contribution in [0.2, 0.25) is 0 Å². The van der Waals surface area contributed by atoms with Gasteiger partial charge in [0.25, 0.3) is 5.56 Å². The second-order valence-corrected chi connectivity index (χ2v) is 8.78. The maximum absolute atomic E-state index is 13.5. The van der Waals surface area contributed by atoms with Crippen molar-refractivity contribution in [2.45, 2.75) is 39.2 Å². The Morgan fingerprint density at radius 3 is 2.36 bits per heavy atom. The molecule has 0 fully saturated rings. The molecule has 0 saturated carbocycles. The molecule has 36 heavy (non-hydrogen) atoms. The summed E-state index contributed by atoms with van der Waals surface area (Å²) in [4.78, 5) is 30.3. The molecular formula is C30H30N2O4. The molecule has 184 valence electrons. The molecule has 6 nitrogen and oxygen atoms in total. The van der Waals surface area contributed by atoms with E-state index in [2.05, 4.69) is 11.9 Å². The van der Waals surface area contributed by atoms with Gasteiger partial charge >= 0.3 is 5.97 Å². The second-order valence-electron chi connectivity index (χ2n) is 8.78. The van der Waals surface area contributed by atoms with E-state index in [4.69, 9.17) is 4.74 Å². The van der Waals surface area contributed by atoms with Crippen molar-refractivity contribution in [3.8, 4) is 16.9 Å². The largest absolute Gasteiger partial charge is 0.508 e. The molecule has 0 unspecified atom stereocenters. The number of rotatable bonds is 9. The van der Waals surface area contributed by atoms with Gasteiger partial charge in [-0.25, -0.2) is 9.78 Å². The summed E-state index contributed by atoms with van der Waals surface area (Å²) in [5, 5.41) is 9.55. The molecule has 4 aromatic rings. The smallest absolute Gasteiger partial charge is 0.338 e. The van der Waals surface area contributed by atoms with Crippen LogP contribution in [0.5, 0.6) is 5.75 Å². The highest BCUT2D eigenvalue weighted by Gasteiger charge is 2.15. The number of unbranched alkanes of at least 4 members (excludes halogenated alkanes) is 1. The van der Waals surface area contributed by atoms with Gasteiger partial charge in [-0.1, -0.05) is 67.9 Å². The van der Waals surface area contributed by atoms with Gasteiger partial charge in [0.05, 0.1) is 31.2 Å². The third kappa shape index (κ3) is 5.71. The number of aromatic nitrogens is 2. The van der Waals surface area contributed by atoms with Crippen molar-refractivity contribution in [1.29, 1.82) is 0 Å². The average Bonchev–Trinajstić information content (AvgIpc) is 2.91. The number of hydrogen-bond acceptors (Lipinski definition) is 5. The standard InChI is InChI=1S/C30H30N2O4/c1-3-4-9-28-27(29(34)32(20-31-28)19-22-12-16-24(33)17-13-22)18-21-10-14-23(15-11-21)25-7-5-6-8-26(25)30(35)36-2/h5-8,10-17,20,33H,3-4,9,18-19H2,1-2H3. The number of ether oxygens (including phenoxy) is 1. The van der Waals surface area contributed by atoms with E-state index in [1.54, 1.807) is 41.2 Å². The zero-order chi connectivity index (χ0) is 25.5. The van der Waals surface area contributed by atoms with Gasteiger partial charge in [0.15, 0.2) is 0 Å². The van der Waals surface area contributed by atoms with Crippen LogP contribution in [-0.4, -0.2) is 27.7 Å². The van der Waals surface area contributed by atoms with Gasteiger partial charge in [-0.15, -0.1) is 0 Å². The van der Waals surface area contributed by atoms with Gasteiger partial charge in [-0.05, 0) is 53.3 Å². The average molecular weight is 483 g/mol. The van der Waals surface area contributed by atoms with E-state index in [-0.39, 0.29) is 17.3 Å². The van der Waals surface area contributed by atoms with Crippen molar-refractivity contribution in [1.82, 2.24) is 9.55 Å². The Labute approximate surface area is 210 Å². The Morgan fingerprint density at radius 2 is 1.67 bits per heavy atom. The summed E-state index contributed by atoms with van der Waals surface area (Å²) >= 11 is 0. The van der Waals surface area contributed by atoms with Gasteiger partial charge in [0.1, 0.15) is 5.75 Å². The molecule has 1 heterocycles. The third-order valence-corrected chi connectivity index (χ3v) is 6.25.